The van der Waals surface area contributed by atoms with Gasteiger partial charge in [-0.3, -0.25) is 9.59 Å². The fourth-order valence-electron chi connectivity index (χ4n) is 8.45. The summed E-state index contributed by atoms with van der Waals surface area (Å²) in [5, 5.41) is 9.64. The van der Waals surface area contributed by atoms with Gasteiger partial charge >= 0.3 is 11.9 Å². The Morgan fingerprint density at radius 3 is 0.952 bits per heavy atom. The third-order valence-corrected chi connectivity index (χ3v) is 12.7. The number of allylic oxidation sites excluding steroid dienone is 6. The van der Waals surface area contributed by atoms with Crippen LogP contribution >= 0.6 is 0 Å². The molecule has 0 aromatic rings. The monoisotopic (exact) mass is 885 g/mol. The van der Waals surface area contributed by atoms with E-state index in [0.29, 0.717) is 12.8 Å². The number of hydrogen-bond donors (Lipinski definition) is 1. The van der Waals surface area contributed by atoms with Gasteiger partial charge in [-0.2, -0.15) is 0 Å². The highest BCUT2D eigenvalue weighted by Crippen LogP contribution is 2.17. The molecule has 0 aliphatic rings. The molecule has 63 heavy (non-hydrogen) atoms. The first-order valence-corrected chi connectivity index (χ1v) is 28.0. The van der Waals surface area contributed by atoms with Crippen LogP contribution in [-0.4, -0.2) is 36.4 Å². The van der Waals surface area contributed by atoms with Gasteiger partial charge < -0.3 is 14.6 Å². The van der Waals surface area contributed by atoms with Crippen LogP contribution in [0.2, 0.25) is 0 Å². The van der Waals surface area contributed by atoms with Crippen molar-refractivity contribution in [2.75, 3.05) is 13.2 Å². The number of carbonyl (C=O) groups is 2. The summed E-state index contributed by atoms with van der Waals surface area (Å²) in [6, 6.07) is 0. The maximum atomic E-state index is 12.3. The van der Waals surface area contributed by atoms with Crippen LogP contribution in [0.4, 0.5) is 0 Å². The van der Waals surface area contributed by atoms with Gasteiger partial charge in [-0.1, -0.05) is 275 Å². The minimum absolute atomic E-state index is 0.0602. The van der Waals surface area contributed by atoms with Crippen LogP contribution in [0.15, 0.2) is 36.5 Å². The molecular weight excluding hydrogens is 777 g/mol. The molecule has 0 rings (SSSR count). The Morgan fingerprint density at radius 2 is 0.635 bits per heavy atom. The number of esters is 2. The van der Waals surface area contributed by atoms with E-state index in [0.717, 1.165) is 44.9 Å². The first-order chi connectivity index (χ1) is 31.1. The Labute approximate surface area is 393 Å². The van der Waals surface area contributed by atoms with E-state index in [1.807, 2.05) is 0 Å². The molecule has 0 heterocycles. The van der Waals surface area contributed by atoms with E-state index >= 15 is 0 Å². The van der Waals surface area contributed by atoms with Gasteiger partial charge in [0.2, 0.25) is 0 Å². The maximum Gasteiger partial charge on any atom is 0.306 e. The van der Waals surface area contributed by atoms with Crippen LogP contribution in [0.5, 0.6) is 0 Å². The second kappa shape index (κ2) is 54.5. The lowest BCUT2D eigenvalue weighted by molar-refractivity contribution is -0.161. The quantitative estimate of drug-likeness (QED) is 0.0374. The van der Waals surface area contributed by atoms with E-state index in [1.54, 1.807) is 0 Å². The van der Waals surface area contributed by atoms with Gasteiger partial charge in [0.1, 0.15) is 6.61 Å². The Bertz CT molecular complexity index is 1000. The number of ether oxygens (including phenoxy) is 2. The number of aliphatic hydroxyl groups is 1. The molecule has 1 unspecified atom stereocenters. The van der Waals surface area contributed by atoms with E-state index in [-0.39, 0.29) is 25.2 Å². The highest BCUT2D eigenvalue weighted by Gasteiger charge is 2.16. The van der Waals surface area contributed by atoms with E-state index in [2.05, 4.69) is 50.3 Å². The maximum absolute atomic E-state index is 12.3. The average Bonchev–Trinajstić information content (AvgIpc) is 3.29. The zero-order valence-corrected chi connectivity index (χ0v) is 42.4. The Morgan fingerprint density at radius 1 is 0.365 bits per heavy atom. The van der Waals surface area contributed by atoms with Crippen LogP contribution in [0.25, 0.3) is 0 Å². The smallest absolute Gasteiger partial charge is 0.306 e. The average molecular weight is 885 g/mol. The molecule has 5 nitrogen and oxygen atoms in total. The summed E-state index contributed by atoms with van der Waals surface area (Å²) in [5.74, 6) is -0.573. The van der Waals surface area contributed by atoms with Gasteiger partial charge in [0.15, 0.2) is 6.10 Å². The molecule has 370 valence electrons. The first kappa shape index (κ1) is 61.1. The van der Waals surface area contributed by atoms with Crippen molar-refractivity contribution in [3.05, 3.63) is 36.5 Å². The van der Waals surface area contributed by atoms with Crippen molar-refractivity contribution in [1.29, 1.82) is 0 Å². The number of rotatable bonds is 52. The topological polar surface area (TPSA) is 72.8 Å². The van der Waals surface area contributed by atoms with Crippen molar-refractivity contribution in [2.24, 2.45) is 0 Å². The van der Waals surface area contributed by atoms with Gasteiger partial charge in [-0.25, -0.2) is 0 Å². The molecule has 0 aromatic carbocycles. The normalized spacial score (nSPS) is 12.4. The molecular formula is C58H108O5. The predicted octanol–water partition coefficient (Wildman–Crippen LogP) is 18.7. The zero-order valence-electron chi connectivity index (χ0n) is 42.4. The van der Waals surface area contributed by atoms with Gasteiger partial charge in [-0.05, 0) is 51.4 Å². The summed E-state index contributed by atoms with van der Waals surface area (Å²) < 4.78 is 10.7. The zero-order chi connectivity index (χ0) is 45.6. The molecule has 0 spiro atoms. The molecule has 0 bridgehead atoms. The van der Waals surface area contributed by atoms with Crippen LogP contribution in [0.3, 0.4) is 0 Å². The number of aliphatic hydroxyl groups excluding tert-OH is 1. The van der Waals surface area contributed by atoms with E-state index in [9.17, 15) is 14.7 Å². The third kappa shape index (κ3) is 52.6. The summed E-state index contributed by atoms with van der Waals surface area (Å²) >= 11 is 0. The summed E-state index contributed by atoms with van der Waals surface area (Å²) in [6.07, 6.45) is 69.7. The lowest BCUT2D eigenvalue weighted by Gasteiger charge is -2.15. The van der Waals surface area contributed by atoms with Gasteiger partial charge in [0, 0.05) is 12.8 Å². The first-order valence-electron chi connectivity index (χ1n) is 28.0. The summed E-state index contributed by atoms with van der Waals surface area (Å²) in [4.78, 5) is 24.5. The second-order valence-corrected chi connectivity index (χ2v) is 19.0. The highest BCUT2D eigenvalue weighted by atomic mass is 16.6. The van der Waals surface area contributed by atoms with Crippen LogP contribution < -0.4 is 0 Å². The van der Waals surface area contributed by atoms with Gasteiger partial charge in [0.25, 0.3) is 0 Å². The van der Waals surface area contributed by atoms with Crippen molar-refractivity contribution in [1.82, 2.24) is 0 Å². The molecule has 0 aliphatic heterocycles. The summed E-state index contributed by atoms with van der Waals surface area (Å²) in [7, 11) is 0. The lowest BCUT2D eigenvalue weighted by Crippen LogP contribution is -2.28. The molecule has 1 atom stereocenters. The van der Waals surface area contributed by atoms with E-state index < -0.39 is 6.10 Å². The Kier molecular flexibility index (Phi) is 52.8. The van der Waals surface area contributed by atoms with Crippen molar-refractivity contribution in [3.63, 3.8) is 0 Å². The fraction of sp³-hybridized carbons (Fsp3) is 0.862. The molecule has 5 heteroatoms. The SMILES string of the molecule is CCCCCCC/C=C\C/C=C\C/C=C\CCCCCCCCCCCCCCCCCCC(=O)OC(CO)COC(=O)CCCCCCCCCCCCCCCCCCCC. The number of unbranched alkanes of at least 4 members (excludes halogenated alkanes) is 38. The van der Waals surface area contributed by atoms with Crippen LogP contribution in [-0.2, 0) is 19.1 Å². The van der Waals surface area contributed by atoms with Crippen molar-refractivity contribution in [3.8, 4) is 0 Å². The molecule has 0 saturated heterocycles. The third-order valence-electron chi connectivity index (χ3n) is 12.7. The van der Waals surface area contributed by atoms with Crippen LogP contribution in [0.1, 0.15) is 303 Å². The molecule has 0 aliphatic carbocycles. The summed E-state index contributed by atoms with van der Waals surface area (Å²) in [6.45, 7) is 4.17. The number of hydrogen-bond acceptors (Lipinski definition) is 5. The molecule has 0 amide bonds. The Hall–Kier alpha value is -1.88. The molecule has 1 N–H and O–H groups in total. The van der Waals surface area contributed by atoms with Gasteiger partial charge in [0.05, 0.1) is 6.61 Å². The lowest BCUT2D eigenvalue weighted by atomic mass is 10.0. The molecule has 0 fully saturated rings. The minimum Gasteiger partial charge on any atom is -0.462 e. The minimum atomic E-state index is -0.768. The largest absolute Gasteiger partial charge is 0.462 e. The number of carbonyl (C=O) groups excluding carboxylic acids is 2. The van der Waals surface area contributed by atoms with Crippen LogP contribution in [0, 0.1) is 0 Å². The Balaban J connectivity index is 3.44. The van der Waals surface area contributed by atoms with Gasteiger partial charge in [-0.15, -0.1) is 0 Å². The van der Waals surface area contributed by atoms with Crippen molar-refractivity contribution < 1.29 is 24.2 Å². The second-order valence-electron chi connectivity index (χ2n) is 19.0. The van der Waals surface area contributed by atoms with E-state index in [1.165, 1.54) is 231 Å². The predicted molar refractivity (Wildman–Crippen MR) is 274 cm³/mol. The van der Waals surface area contributed by atoms with E-state index in [4.69, 9.17) is 9.47 Å². The van der Waals surface area contributed by atoms with Crippen molar-refractivity contribution >= 4 is 11.9 Å². The highest BCUT2D eigenvalue weighted by molar-refractivity contribution is 5.70. The summed E-state index contributed by atoms with van der Waals surface area (Å²) in [5.41, 5.74) is 0. The molecule has 0 radical (unpaired) electrons. The van der Waals surface area contributed by atoms with Crippen molar-refractivity contribution in [2.45, 2.75) is 309 Å². The standard InChI is InChI=1S/C58H108O5/c1-3-5-7-9-11-13-15-17-19-21-23-24-25-26-27-28-29-30-31-32-33-34-35-37-39-41-43-45-47-49-51-53-58(61)63-56(54-59)55-62-57(60)52-50-48-46-44-42-40-38-36-22-20-18-16-14-12-10-8-6-4-2/h15,17,21,23,25-26,56,59H,3-14,16,18-20,22,24,27-55H2,1-2H3/b17-15-,23-21-,26-25-. The molecule has 0 aromatic heterocycles. The fourth-order valence-corrected chi connectivity index (χ4v) is 8.45. The molecule has 0 saturated carbocycles.